The largest absolute Gasteiger partial charge is 0.352 e. The molecule has 150 valence electrons. The highest BCUT2D eigenvalue weighted by Gasteiger charge is 2.56. The quantitative estimate of drug-likeness (QED) is 0.739. The van der Waals surface area contributed by atoms with Crippen molar-refractivity contribution in [2.24, 2.45) is 0 Å². The van der Waals surface area contributed by atoms with Crippen molar-refractivity contribution in [3.8, 4) is 0 Å². The van der Waals surface area contributed by atoms with Gasteiger partial charge in [0.15, 0.2) is 0 Å². The lowest BCUT2D eigenvalue weighted by Gasteiger charge is -2.32. The summed E-state index contributed by atoms with van der Waals surface area (Å²) in [7, 11) is 0. The molecule has 8 heteroatoms. The Balaban J connectivity index is 1.49. The number of aromatic nitrogens is 2. The number of amides is 3. The molecule has 5 rings (SSSR count). The third kappa shape index (κ3) is 2.73. The Morgan fingerprint density at radius 3 is 2.79 bits per heavy atom. The fourth-order valence-corrected chi connectivity index (χ4v) is 5.00. The van der Waals surface area contributed by atoms with Crippen molar-refractivity contribution in [2.45, 2.75) is 50.0 Å². The predicted molar refractivity (Wildman–Crippen MR) is 106 cm³/mol. The summed E-state index contributed by atoms with van der Waals surface area (Å²) in [6.07, 6.45) is 7.01. The molecule has 1 fully saturated rings. The van der Waals surface area contributed by atoms with Gasteiger partial charge >= 0.3 is 0 Å². The molecule has 2 aromatic rings. The second kappa shape index (κ2) is 6.72. The van der Waals surface area contributed by atoms with Gasteiger partial charge in [-0.2, -0.15) is 5.10 Å². The Kier molecular flexibility index (Phi) is 4.15. The number of hydrogen-bond acceptors (Lipinski definition) is 4. The van der Waals surface area contributed by atoms with E-state index < -0.39 is 5.41 Å². The average Bonchev–Trinajstić information content (AvgIpc) is 3.27. The second-order valence-electron chi connectivity index (χ2n) is 8.10. The molecular formula is C21H23N5O3. The molecule has 1 aromatic carbocycles. The first-order valence-corrected chi connectivity index (χ1v) is 10.1. The maximum Gasteiger partial charge on any atom is 0.243 e. The summed E-state index contributed by atoms with van der Waals surface area (Å²) in [5, 5.41) is 12.6. The molecule has 0 bridgehead atoms. The molecule has 3 N–H and O–H groups in total. The number of nitrogens with one attached hydrogen (secondary N) is 3. The third-order valence-electron chi connectivity index (χ3n) is 6.33. The Morgan fingerprint density at radius 2 is 1.97 bits per heavy atom. The summed E-state index contributed by atoms with van der Waals surface area (Å²) in [6.45, 7) is -0.0527. The lowest BCUT2D eigenvalue weighted by Crippen LogP contribution is -2.49. The number of rotatable bonds is 3. The average molecular weight is 393 g/mol. The van der Waals surface area contributed by atoms with Crippen molar-refractivity contribution in [3.63, 3.8) is 0 Å². The highest BCUT2D eigenvalue weighted by Crippen LogP contribution is 2.51. The van der Waals surface area contributed by atoms with Gasteiger partial charge in [0.1, 0.15) is 17.8 Å². The van der Waals surface area contributed by atoms with Gasteiger partial charge in [-0.1, -0.05) is 37.5 Å². The minimum Gasteiger partial charge on any atom is -0.352 e. The lowest BCUT2D eigenvalue weighted by molar-refractivity contribution is -0.128. The summed E-state index contributed by atoms with van der Waals surface area (Å²) in [4.78, 5) is 40.4. The van der Waals surface area contributed by atoms with Crippen molar-refractivity contribution in [1.29, 1.82) is 0 Å². The van der Waals surface area contributed by atoms with Gasteiger partial charge in [0.2, 0.25) is 17.7 Å². The number of H-pyrrole nitrogens is 1. The van der Waals surface area contributed by atoms with Crippen LogP contribution in [0.3, 0.4) is 0 Å². The number of carbonyl (C=O) groups excluding carboxylic acids is 3. The number of para-hydroxylation sites is 1. The summed E-state index contributed by atoms with van der Waals surface area (Å²) >= 11 is 0. The molecule has 2 aliphatic heterocycles. The Morgan fingerprint density at radius 1 is 1.17 bits per heavy atom. The van der Waals surface area contributed by atoms with Gasteiger partial charge in [-0.25, -0.2) is 0 Å². The van der Waals surface area contributed by atoms with Gasteiger partial charge in [0.05, 0.1) is 6.20 Å². The minimum absolute atomic E-state index is 0.00385. The van der Waals surface area contributed by atoms with E-state index in [1.807, 2.05) is 24.3 Å². The monoisotopic (exact) mass is 393 g/mol. The van der Waals surface area contributed by atoms with E-state index in [0.717, 1.165) is 31.2 Å². The van der Waals surface area contributed by atoms with Gasteiger partial charge < -0.3 is 15.5 Å². The van der Waals surface area contributed by atoms with Crippen LogP contribution < -0.4 is 15.5 Å². The molecular weight excluding hydrogens is 370 g/mol. The van der Waals surface area contributed by atoms with Crippen LogP contribution in [0.4, 0.5) is 11.5 Å². The number of anilines is 2. The van der Waals surface area contributed by atoms with Gasteiger partial charge in [-0.05, 0) is 24.5 Å². The van der Waals surface area contributed by atoms with E-state index in [9.17, 15) is 14.4 Å². The summed E-state index contributed by atoms with van der Waals surface area (Å²) in [5.41, 5.74) is 0.919. The summed E-state index contributed by atoms with van der Waals surface area (Å²) in [5.74, 6) is -0.226. The highest BCUT2D eigenvalue weighted by molar-refractivity contribution is 6.17. The number of benzene rings is 1. The first kappa shape index (κ1) is 17.9. The Bertz CT molecular complexity index is 994. The molecule has 0 radical (unpaired) electrons. The molecule has 3 amide bonds. The molecule has 3 aliphatic rings. The smallest absolute Gasteiger partial charge is 0.243 e. The Hall–Kier alpha value is -3.16. The van der Waals surface area contributed by atoms with Crippen LogP contribution in [0.1, 0.15) is 49.7 Å². The third-order valence-corrected chi connectivity index (χ3v) is 6.33. The van der Waals surface area contributed by atoms with Gasteiger partial charge in [-0.15, -0.1) is 0 Å². The fourth-order valence-electron chi connectivity index (χ4n) is 5.00. The van der Waals surface area contributed by atoms with E-state index in [0.29, 0.717) is 17.1 Å². The molecule has 1 aliphatic carbocycles. The second-order valence-corrected chi connectivity index (χ2v) is 8.10. The zero-order chi connectivity index (χ0) is 20.0. The molecule has 29 heavy (non-hydrogen) atoms. The number of hydrogen-bond donors (Lipinski definition) is 3. The Labute approximate surface area is 168 Å². The molecule has 8 nitrogen and oxygen atoms in total. The van der Waals surface area contributed by atoms with Crippen LogP contribution in [0.25, 0.3) is 0 Å². The first-order chi connectivity index (χ1) is 14.1. The van der Waals surface area contributed by atoms with Gasteiger partial charge in [0.25, 0.3) is 0 Å². The SMILES string of the molecule is O=C1C[C@@]2(C(=O)N(CC(=O)NC3CCCCC3)c3ccccc32)c2cn[nH]c2N1. The van der Waals surface area contributed by atoms with E-state index in [1.54, 1.807) is 6.20 Å². The minimum atomic E-state index is -1.15. The number of aromatic amines is 1. The lowest BCUT2D eigenvalue weighted by atomic mass is 9.72. The molecule has 1 spiro atoms. The normalized spacial score (nSPS) is 23.7. The molecule has 1 aromatic heterocycles. The predicted octanol–water partition coefficient (Wildman–Crippen LogP) is 1.83. The standard InChI is InChI=1S/C21H23N5O3/c27-17-10-21(15-11-22-25-19(15)24-17)14-8-4-5-9-16(14)26(20(21)29)12-18(28)23-13-6-2-1-3-7-13/h4-5,8-9,11,13H,1-3,6-7,10,12H2,(H,23,28)(H2,22,24,25,27)/t21-/m0/s1. The molecule has 0 unspecified atom stereocenters. The van der Waals surface area contributed by atoms with Crippen LogP contribution in [-0.2, 0) is 19.8 Å². The van der Waals surface area contributed by atoms with Gasteiger partial charge in [-0.3, -0.25) is 19.5 Å². The zero-order valence-corrected chi connectivity index (χ0v) is 16.0. The van der Waals surface area contributed by atoms with E-state index in [1.165, 1.54) is 11.3 Å². The molecule has 0 saturated heterocycles. The van der Waals surface area contributed by atoms with Crippen LogP contribution in [0.5, 0.6) is 0 Å². The van der Waals surface area contributed by atoms with Crippen molar-refractivity contribution < 1.29 is 14.4 Å². The van der Waals surface area contributed by atoms with Crippen molar-refractivity contribution >= 4 is 29.2 Å². The molecule has 1 saturated carbocycles. The molecule has 3 heterocycles. The number of fused-ring (bicyclic) bond motifs is 4. The highest BCUT2D eigenvalue weighted by atomic mass is 16.2. The van der Waals surface area contributed by atoms with Crippen LogP contribution in [0.2, 0.25) is 0 Å². The van der Waals surface area contributed by atoms with Crippen molar-refractivity contribution in [1.82, 2.24) is 15.5 Å². The number of nitrogens with zero attached hydrogens (tertiary/aromatic N) is 2. The fraction of sp³-hybridized carbons (Fsp3) is 0.429. The van der Waals surface area contributed by atoms with Crippen molar-refractivity contribution in [3.05, 3.63) is 41.6 Å². The van der Waals surface area contributed by atoms with E-state index in [4.69, 9.17) is 0 Å². The van der Waals surface area contributed by atoms with Gasteiger partial charge in [0, 0.05) is 23.7 Å². The maximum absolute atomic E-state index is 13.7. The van der Waals surface area contributed by atoms with Crippen LogP contribution in [-0.4, -0.2) is 40.5 Å². The number of carbonyl (C=O) groups is 3. The summed E-state index contributed by atoms with van der Waals surface area (Å²) < 4.78 is 0. The van der Waals surface area contributed by atoms with Crippen LogP contribution in [0, 0.1) is 0 Å². The van der Waals surface area contributed by atoms with Crippen LogP contribution >= 0.6 is 0 Å². The van der Waals surface area contributed by atoms with E-state index in [2.05, 4.69) is 20.8 Å². The first-order valence-electron chi connectivity index (χ1n) is 10.1. The van der Waals surface area contributed by atoms with E-state index >= 15 is 0 Å². The molecule has 1 atom stereocenters. The topological polar surface area (TPSA) is 107 Å². The van der Waals surface area contributed by atoms with E-state index in [-0.39, 0.29) is 36.7 Å². The summed E-state index contributed by atoms with van der Waals surface area (Å²) in [6, 6.07) is 7.57. The maximum atomic E-state index is 13.7. The van der Waals surface area contributed by atoms with Crippen molar-refractivity contribution in [2.75, 3.05) is 16.8 Å². The zero-order valence-electron chi connectivity index (χ0n) is 16.0. The van der Waals surface area contributed by atoms with Crippen LogP contribution in [0.15, 0.2) is 30.5 Å².